The van der Waals surface area contributed by atoms with Crippen LogP contribution in [-0.2, 0) is 10.1 Å². The van der Waals surface area contributed by atoms with Crippen molar-refractivity contribution in [2.75, 3.05) is 0 Å². The van der Waals surface area contributed by atoms with Gasteiger partial charge in [0.25, 0.3) is 10.1 Å². The van der Waals surface area contributed by atoms with Gasteiger partial charge >= 0.3 is 0 Å². The van der Waals surface area contributed by atoms with Crippen LogP contribution < -0.4 is 0 Å². The zero-order valence-electron chi connectivity index (χ0n) is 8.58. The van der Waals surface area contributed by atoms with Gasteiger partial charge in [-0.15, -0.1) is 0 Å². The summed E-state index contributed by atoms with van der Waals surface area (Å²) >= 11 is 0. The van der Waals surface area contributed by atoms with Gasteiger partial charge in [0.05, 0.1) is 4.90 Å². The van der Waals surface area contributed by atoms with Gasteiger partial charge < -0.3 is 5.11 Å². The van der Waals surface area contributed by atoms with Gasteiger partial charge in [0.15, 0.2) is 0 Å². The molecule has 2 N–H and O–H groups in total. The summed E-state index contributed by atoms with van der Waals surface area (Å²) in [7, 11) is -4.17. The molecule has 0 amide bonds. The molecule has 2 aromatic carbocycles. The number of phenolic OH excluding ortho intramolecular Hbond substituents is 1. The van der Waals surface area contributed by atoms with E-state index < -0.39 is 10.1 Å². The molecule has 0 aromatic heterocycles. The van der Waals surface area contributed by atoms with Crippen LogP contribution >= 0.6 is 0 Å². The van der Waals surface area contributed by atoms with Crippen molar-refractivity contribution < 1.29 is 18.1 Å². The van der Waals surface area contributed by atoms with Crippen LogP contribution in [0.3, 0.4) is 0 Å². The summed E-state index contributed by atoms with van der Waals surface area (Å²) in [6.07, 6.45) is 0. The summed E-state index contributed by atoms with van der Waals surface area (Å²) < 4.78 is 30.5. The van der Waals surface area contributed by atoms with Crippen LogP contribution in [0.1, 0.15) is 0 Å². The molecule has 0 fully saturated rings. The van der Waals surface area contributed by atoms with Crippen LogP contribution in [-0.4, -0.2) is 69.5 Å². The molecule has 0 unspecified atom stereocenters. The molecule has 4 nitrogen and oxygen atoms in total. The van der Waals surface area contributed by atoms with Crippen LogP contribution in [0.25, 0.3) is 10.8 Å². The Morgan fingerprint density at radius 3 is 2.12 bits per heavy atom. The van der Waals surface area contributed by atoms with Crippen molar-refractivity contribution in [2.24, 2.45) is 0 Å². The van der Waals surface area contributed by atoms with Crippen molar-refractivity contribution in [2.45, 2.75) is 4.90 Å². The van der Waals surface area contributed by atoms with Crippen molar-refractivity contribution in [1.29, 1.82) is 0 Å². The van der Waals surface area contributed by atoms with Crippen molar-refractivity contribution in [3.63, 3.8) is 0 Å². The Morgan fingerprint density at radius 2 is 1.50 bits per heavy atom. The van der Waals surface area contributed by atoms with Gasteiger partial charge in [-0.2, -0.15) is 8.42 Å². The summed E-state index contributed by atoms with van der Waals surface area (Å²) in [6, 6.07) is 8.72. The third-order valence-electron chi connectivity index (χ3n) is 2.09. The van der Waals surface area contributed by atoms with E-state index in [9.17, 15) is 13.5 Å². The van der Waals surface area contributed by atoms with Gasteiger partial charge in [-0.3, -0.25) is 4.55 Å². The maximum Gasteiger partial charge on any atom is 0.294 e. The van der Waals surface area contributed by atoms with Crippen molar-refractivity contribution >= 4 is 72.3 Å². The summed E-state index contributed by atoms with van der Waals surface area (Å²) in [4.78, 5) is -0.152. The minimum atomic E-state index is -4.17. The third kappa shape index (κ3) is 3.04. The van der Waals surface area contributed by atoms with Gasteiger partial charge in [-0.1, -0.05) is 12.1 Å². The first-order valence-corrected chi connectivity index (χ1v) is 5.61. The Balaban J connectivity index is 0.00000128. The predicted molar refractivity (Wildman–Crippen MR) is 61.2 cm³/mol. The zero-order chi connectivity index (χ0) is 11.1. The Labute approximate surface area is 135 Å². The smallest absolute Gasteiger partial charge is 0.294 e. The molecule has 0 spiro atoms. The number of hydrogen-bond acceptors (Lipinski definition) is 3. The number of rotatable bonds is 1. The van der Waals surface area contributed by atoms with E-state index in [1.165, 1.54) is 30.3 Å². The van der Waals surface area contributed by atoms with Crippen molar-refractivity contribution in [3.05, 3.63) is 36.4 Å². The summed E-state index contributed by atoms with van der Waals surface area (Å²) in [6.45, 7) is 0. The largest absolute Gasteiger partial charge is 0.508 e. The normalized spacial score (nSPS) is 11.1. The van der Waals surface area contributed by atoms with E-state index in [1.807, 2.05) is 0 Å². The molecule has 16 heavy (non-hydrogen) atoms. The molecule has 2 aromatic rings. The Morgan fingerprint density at radius 1 is 0.938 bits per heavy atom. The molecule has 0 atom stereocenters. The molecule has 6 heteroatoms. The molecule has 1 radical (unpaired) electrons. The van der Waals surface area contributed by atoms with Crippen LogP contribution in [0.2, 0.25) is 0 Å². The molecule has 0 heterocycles. The van der Waals surface area contributed by atoms with Crippen molar-refractivity contribution in [1.82, 2.24) is 0 Å². The fourth-order valence-electron chi connectivity index (χ4n) is 1.37. The summed E-state index contributed by atoms with van der Waals surface area (Å²) in [5, 5.41) is 10.5. The Bertz CT molecular complexity index is 622. The molecular formula is C10H8KO4S. The first kappa shape index (κ1) is 14.1. The van der Waals surface area contributed by atoms with E-state index >= 15 is 0 Å². The third-order valence-corrected chi connectivity index (χ3v) is 2.94. The first-order chi connectivity index (χ1) is 6.97. The van der Waals surface area contributed by atoms with Crippen LogP contribution in [0.15, 0.2) is 41.3 Å². The molecule has 2 rings (SSSR count). The van der Waals surface area contributed by atoms with Crippen LogP contribution in [0.5, 0.6) is 5.75 Å². The van der Waals surface area contributed by atoms with Crippen molar-refractivity contribution in [3.8, 4) is 5.75 Å². The average Bonchev–Trinajstić information content (AvgIpc) is 2.15. The minimum absolute atomic E-state index is 0. The Kier molecular flexibility index (Phi) is 4.53. The molecule has 0 aliphatic carbocycles. The minimum Gasteiger partial charge on any atom is -0.508 e. The first-order valence-electron chi connectivity index (χ1n) is 4.17. The fraction of sp³-hybridized carbons (Fsp3) is 0. The second kappa shape index (κ2) is 5.13. The standard InChI is InChI=1S/C10H8O4S.K/c11-9-3-1-8-6-10(15(12,13)14)4-2-7(8)5-9;/h1-6,11H,(H,12,13,14);. The van der Waals surface area contributed by atoms with E-state index in [4.69, 9.17) is 4.55 Å². The molecule has 0 bridgehead atoms. The monoisotopic (exact) mass is 263 g/mol. The van der Waals surface area contributed by atoms with Gasteiger partial charge in [0, 0.05) is 51.4 Å². The molecular weight excluding hydrogens is 255 g/mol. The van der Waals surface area contributed by atoms with Gasteiger partial charge in [-0.05, 0) is 35.0 Å². The predicted octanol–water partition coefficient (Wildman–Crippen LogP) is 1.41. The summed E-state index contributed by atoms with van der Waals surface area (Å²) in [5.74, 6) is 0.113. The van der Waals surface area contributed by atoms with Gasteiger partial charge in [-0.25, -0.2) is 0 Å². The average molecular weight is 263 g/mol. The maximum absolute atomic E-state index is 10.8. The van der Waals surface area contributed by atoms with E-state index in [-0.39, 0.29) is 62.0 Å². The zero-order valence-corrected chi connectivity index (χ0v) is 12.5. The van der Waals surface area contributed by atoms with E-state index in [2.05, 4.69) is 0 Å². The topological polar surface area (TPSA) is 74.6 Å². The fourth-order valence-corrected chi connectivity index (χ4v) is 1.89. The number of benzene rings is 2. The molecule has 0 aliphatic heterocycles. The number of fused-ring (bicyclic) bond motifs is 1. The van der Waals surface area contributed by atoms with Gasteiger partial charge in [0.2, 0.25) is 0 Å². The van der Waals surface area contributed by atoms with E-state index in [0.717, 1.165) is 0 Å². The van der Waals surface area contributed by atoms with Crippen LogP contribution in [0, 0.1) is 0 Å². The molecule has 79 valence electrons. The van der Waals surface area contributed by atoms with Gasteiger partial charge in [0.1, 0.15) is 5.75 Å². The second-order valence-corrected chi connectivity index (χ2v) is 4.59. The van der Waals surface area contributed by atoms with Crippen LogP contribution in [0.4, 0.5) is 0 Å². The molecule has 0 aliphatic rings. The quantitative estimate of drug-likeness (QED) is 0.602. The summed E-state index contributed by atoms with van der Waals surface area (Å²) in [5.41, 5.74) is 0. The second-order valence-electron chi connectivity index (χ2n) is 3.17. The van der Waals surface area contributed by atoms with E-state index in [1.54, 1.807) is 6.07 Å². The maximum atomic E-state index is 10.8. The number of hydrogen-bond donors (Lipinski definition) is 2. The van der Waals surface area contributed by atoms with E-state index in [0.29, 0.717) is 10.8 Å². The number of phenols is 1. The SMILES string of the molecule is O=S(=O)(O)c1ccc2cc(O)ccc2c1.[K]. The Hall–Kier alpha value is 0.0464. The molecule has 0 saturated carbocycles. The number of aromatic hydroxyl groups is 1. The molecule has 0 saturated heterocycles.